The smallest absolute Gasteiger partial charge is 0.184 e. The Kier molecular flexibility index (Phi) is 12.0. The molecule has 8 heteroatoms. The van der Waals surface area contributed by atoms with Gasteiger partial charge in [0.2, 0.25) is 0 Å². The first kappa shape index (κ1) is 29.4. The van der Waals surface area contributed by atoms with Crippen LogP contribution in [0.25, 0.3) is 22.1 Å². The van der Waals surface area contributed by atoms with E-state index in [0.717, 1.165) is 23.9 Å². The zero-order chi connectivity index (χ0) is 23.1. The van der Waals surface area contributed by atoms with E-state index in [9.17, 15) is 9.90 Å². The van der Waals surface area contributed by atoms with Crippen molar-refractivity contribution in [1.82, 2.24) is 19.9 Å². The monoisotopic (exact) mass is 502 g/mol. The number of Topliss-reactive ketones (excluding diaryl/α,β-unsaturated/α-hetero) is 1. The molecular weight excluding hydrogens is 471 g/mol. The van der Waals surface area contributed by atoms with Gasteiger partial charge in [-0.05, 0) is 37.1 Å². The fourth-order valence-corrected chi connectivity index (χ4v) is 3.61. The highest BCUT2D eigenvalue weighted by molar-refractivity contribution is 6.32. The first-order valence-corrected chi connectivity index (χ1v) is 11.3. The van der Waals surface area contributed by atoms with Gasteiger partial charge >= 0.3 is 0 Å². The normalized spacial score (nSPS) is 11.1. The lowest BCUT2D eigenvalue weighted by atomic mass is 10.1. The number of aliphatic hydroxyl groups excluding tert-OH is 1. The number of benzene rings is 2. The number of hydrogen-bond donors (Lipinski definition) is 1. The molecule has 2 heterocycles. The quantitative estimate of drug-likeness (QED) is 0.272. The molecule has 2 aromatic carbocycles. The second-order valence-electron chi connectivity index (χ2n) is 7.22. The van der Waals surface area contributed by atoms with E-state index in [1.54, 1.807) is 0 Å². The zero-order valence-corrected chi connectivity index (χ0v) is 19.4. The van der Waals surface area contributed by atoms with Crippen LogP contribution in [0.15, 0.2) is 48.5 Å². The molecule has 0 fully saturated rings. The lowest BCUT2D eigenvalue weighted by molar-refractivity contribution is 0.0977. The summed E-state index contributed by atoms with van der Waals surface area (Å²) in [6.07, 6.45) is 2.13. The second kappa shape index (κ2) is 13.9. The summed E-state index contributed by atoms with van der Waals surface area (Å²) in [4.78, 5) is 28.7. The van der Waals surface area contributed by atoms with Crippen molar-refractivity contribution in [3.8, 4) is 0 Å². The predicted octanol–water partition coefficient (Wildman–Crippen LogP) is 7.65. The summed E-state index contributed by atoms with van der Waals surface area (Å²) >= 11 is 11.9. The van der Waals surface area contributed by atoms with Crippen molar-refractivity contribution in [1.29, 1.82) is 0 Å². The minimum absolute atomic E-state index is 0. The Morgan fingerprint density at radius 1 is 0.794 bits per heavy atom. The lowest BCUT2D eigenvalue weighted by Gasteiger charge is -2.10. The molecule has 6 nitrogen and oxygen atoms in total. The molecule has 182 valence electrons. The van der Waals surface area contributed by atoms with Crippen LogP contribution in [-0.2, 0) is 0 Å². The maximum Gasteiger partial charge on any atom is 0.184 e. The minimum atomic E-state index is -0.630. The number of nitrogens with zero attached hydrogens (tertiary/aromatic N) is 4. The van der Waals surface area contributed by atoms with Gasteiger partial charge in [0.15, 0.2) is 16.1 Å². The van der Waals surface area contributed by atoms with Crippen molar-refractivity contribution < 1.29 is 9.90 Å². The van der Waals surface area contributed by atoms with Gasteiger partial charge in [0.1, 0.15) is 11.4 Å². The van der Waals surface area contributed by atoms with E-state index in [4.69, 9.17) is 23.2 Å². The third kappa shape index (κ3) is 7.16. The molecule has 2 aromatic heterocycles. The number of hydrogen-bond acceptors (Lipinski definition) is 6. The Labute approximate surface area is 211 Å². The Bertz CT molecular complexity index is 1230. The van der Waals surface area contributed by atoms with E-state index in [0.29, 0.717) is 34.7 Å². The number of carbonyl (C=O) groups is 1. The van der Waals surface area contributed by atoms with Crippen LogP contribution in [-0.4, -0.2) is 30.8 Å². The molecule has 0 aliphatic heterocycles. The number of para-hydroxylation sites is 4. The fraction of sp³-hybridized carbons (Fsp3) is 0.346. The highest BCUT2D eigenvalue weighted by Gasteiger charge is 2.15. The molecule has 1 N–H and O–H groups in total. The minimum Gasteiger partial charge on any atom is -0.387 e. The van der Waals surface area contributed by atoms with Gasteiger partial charge in [-0.25, -0.2) is 19.9 Å². The van der Waals surface area contributed by atoms with E-state index in [1.165, 1.54) is 0 Å². The molecule has 0 aliphatic rings. The number of aromatic nitrogens is 4. The number of aliphatic hydroxyl groups is 1. The van der Waals surface area contributed by atoms with E-state index >= 15 is 0 Å². The van der Waals surface area contributed by atoms with E-state index in [-0.39, 0.29) is 31.5 Å². The molecule has 4 aromatic rings. The SMILES string of the molecule is C.C.CCCC(=O)c1nc2ccccc2nc1Cl.CCC[C@@H](O)c1nc2ccccc2nc1Cl. The number of rotatable bonds is 6. The lowest BCUT2D eigenvalue weighted by Crippen LogP contribution is -2.04. The number of halogens is 2. The van der Waals surface area contributed by atoms with Crippen LogP contribution >= 0.6 is 23.2 Å². The molecule has 0 amide bonds. The van der Waals surface area contributed by atoms with Crippen molar-refractivity contribution >= 4 is 51.1 Å². The first-order chi connectivity index (χ1) is 15.4. The Morgan fingerprint density at radius 2 is 1.26 bits per heavy atom. The van der Waals surface area contributed by atoms with Gasteiger partial charge in [0.25, 0.3) is 0 Å². The van der Waals surface area contributed by atoms with Crippen LogP contribution in [0.4, 0.5) is 0 Å². The highest BCUT2D eigenvalue weighted by atomic mass is 35.5. The van der Waals surface area contributed by atoms with Crippen molar-refractivity contribution in [2.75, 3.05) is 0 Å². The summed E-state index contributed by atoms with van der Waals surface area (Å²) in [7, 11) is 0. The van der Waals surface area contributed by atoms with E-state index in [1.807, 2.05) is 62.4 Å². The molecule has 0 spiro atoms. The van der Waals surface area contributed by atoms with Gasteiger partial charge in [-0.1, -0.05) is 82.6 Å². The molecule has 0 saturated carbocycles. The molecule has 0 unspecified atom stereocenters. The second-order valence-corrected chi connectivity index (χ2v) is 7.93. The van der Waals surface area contributed by atoms with Crippen LogP contribution < -0.4 is 0 Å². The average Bonchev–Trinajstić information content (AvgIpc) is 2.79. The third-order valence-corrected chi connectivity index (χ3v) is 5.24. The summed E-state index contributed by atoms with van der Waals surface area (Å²) < 4.78 is 0. The summed E-state index contributed by atoms with van der Waals surface area (Å²) in [5.41, 5.74) is 3.67. The van der Waals surface area contributed by atoms with Crippen molar-refractivity contribution in [2.24, 2.45) is 0 Å². The molecule has 0 radical (unpaired) electrons. The maximum absolute atomic E-state index is 11.7. The summed E-state index contributed by atoms with van der Waals surface area (Å²) in [6.45, 7) is 3.95. The molecule has 0 aliphatic carbocycles. The first-order valence-electron chi connectivity index (χ1n) is 10.5. The molecule has 4 rings (SSSR count). The third-order valence-electron chi connectivity index (χ3n) is 4.70. The summed E-state index contributed by atoms with van der Waals surface area (Å²) in [5.74, 6) is -0.0502. The van der Waals surface area contributed by atoms with Gasteiger partial charge in [-0.15, -0.1) is 0 Å². The van der Waals surface area contributed by atoms with Gasteiger partial charge in [-0.2, -0.15) is 0 Å². The van der Waals surface area contributed by atoms with Crippen molar-refractivity contribution in [3.63, 3.8) is 0 Å². The van der Waals surface area contributed by atoms with E-state index in [2.05, 4.69) is 19.9 Å². The summed E-state index contributed by atoms with van der Waals surface area (Å²) in [6, 6.07) is 14.9. The number of ketones is 1. The van der Waals surface area contributed by atoms with Crippen molar-refractivity contribution in [3.05, 3.63) is 70.2 Å². The van der Waals surface area contributed by atoms with Crippen LogP contribution in [0, 0.1) is 0 Å². The largest absolute Gasteiger partial charge is 0.387 e. The van der Waals surface area contributed by atoms with Crippen LogP contribution in [0.3, 0.4) is 0 Å². The topological polar surface area (TPSA) is 88.9 Å². The standard InChI is InChI=1S/C12H13ClN2O.C12H11ClN2O.2CH4/c2*1-2-5-10(16)11-12(13)15-9-7-4-3-6-8(9)14-11;;/h3-4,6-7,10,16H,2,5H2,1H3;3-4,6-7H,2,5H2,1H3;2*1H4/t10-;;;/m1.../s1. The molecule has 34 heavy (non-hydrogen) atoms. The van der Waals surface area contributed by atoms with Gasteiger partial charge in [-0.3, -0.25) is 4.79 Å². The molecule has 0 bridgehead atoms. The maximum atomic E-state index is 11.7. The zero-order valence-electron chi connectivity index (χ0n) is 17.9. The molecule has 1 atom stereocenters. The number of carbonyl (C=O) groups excluding carboxylic acids is 1. The molecular formula is C26H32Cl2N4O2. The Balaban J connectivity index is 0.000000321. The van der Waals surface area contributed by atoms with E-state index < -0.39 is 6.10 Å². The van der Waals surface area contributed by atoms with Crippen LogP contribution in [0.2, 0.25) is 10.3 Å². The van der Waals surface area contributed by atoms with Crippen molar-refractivity contribution in [2.45, 2.75) is 60.5 Å². The van der Waals surface area contributed by atoms with Gasteiger partial charge in [0, 0.05) is 6.42 Å². The Morgan fingerprint density at radius 3 is 1.76 bits per heavy atom. The highest BCUT2D eigenvalue weighted by Crippen LogP contribution is 2.25. The average molecular weight is 503 g/mol. The van der Waals surface area contributed by atoms with Gasteiger partial charge in [0.05, 0.1) is 28.2 Å². The van der Waals surface area contributed by atoms with Crippen LogP contribution in [0.1, 0.15) is 76.7 Å². The Hall–Kier alpha value is -2.67. The predicted molar refractivity (Wildman–Crippen MR) is 142 cm³/mol. The van der Waals surface area contributed by atoms with Gasteiger partial charge < -0.3 is 5.11 Å². The summed E-state index contributed by atoms with van der Waals surface area (Å²) in [5, 5.41) is 10.4. The van der Waals surface area contributed by atoms with Crippen LogP contribution in [0.5, 0.6) is 0 Å². The molecule has 0 saturated heterocycles. The number of fused-ring (bicyclic) bond motifs is 2. The fourth-order valence-electron chi connectivity index (χ4n) is 3.12.